The maximum absolute atomic E-state index is 5.71. The molecule has 2 heterocycles. The van der Waals surface area contributed by atoms with Gasteiger partial charge in [-0.05, 0) is 45.6 Å². The minimum atomic E-state index is 0.420. The molecule has 2 aliphatic heterocycles. The van der Waals surface area contributed by atoms with E-state index in [2.05, 4.69) is 19.2 Å². The van der Waals surface area contributed by atoms with Crippen molar-refractivity contribution in [1.82, 2.24) is 5.32 Å². The number of nitrogens with one attached hydrogen (secondary N) is 1. The molecular formula is C14H27NO2. The maximum Gasteiger partial charge on any atom is 0.0590 e. The van der Waals surface area contributed by atoms with E-state index >= 15 is 0 Å². The topological polar surface area (TPSA) is 30.5 Å². The lowest BCUT2D eigenvalue weighted by Crippen LogP contribution is -2.39. The highest BCUT2D eigenvalue weighted by molar-refractivity contribution is 4.85. The standard InChI is InChI=1S/C14H27NO2/c1-3-15-14(13-8-10-16-11(13)2)7-6-12-5-4-9-17-12/h11-15H,3-10H2,1-2H3. The molecule has 0 bridgehead atoms. The molecule has 4 unspecified atom stereocenters. The average molecular weight is 241 g/mol. The summed E-state index contributed by atoms with van der Waals surface area (Å²) in [6.07, 6.45) is 7.11. The van der Waals surface area contributed by atoms with Gasteiger partial charge in [0.25, 0.3) is 0 Å². The molecule has 17 heavy (non-hydrogen) atoms. The highest BCUT2D eigenvalue weighted by Gasteiger charge is 2.31. The Kier molecular flexibility index (Phi) is 5.26. The average Bonchev–Trinajstić information content (AvgIpc) is 2.95. The molecule has 0 aromatic carbocycles. The Balaban J connectivity index is 1.78. The summed E-state index contributed by atoms with van der Waals surface area (Å²) in [5.41, 5.74) is 0. The first-order valence-corrected chi connectivity index (χ1v) is 7.28. The zero-order valence-corrected chi connectivity index (χ0v) is 11.3. The summed E-state index contributed by atoms with van der Waals surface area (Å²) in [4.78, 5) is 0. The van der Waals surface area contributed by atoms with Gasteiger partial charge in [-0.25, -0.2) is 0 Å². The van der Waals surface area contributed by atoms with Crippen LogP contribution in [0.1, 0.15) is 46.0 Å². The molecule has 0 saturated carbocycles. The molecule has 100 valence electrons. The van der Waals surface area contributed by atoms with Crippen LogP contribution in [0.3, 0.4) is 0 Å². The number of hydrogen-bond acceptors (Lipinski definition) is 3. The molecule has 2 saturated heterocycles. The van der Waals surface area contributed by atoms with E-state index in [1.165, 1.54) is 32.1 Å². The smallest absolute Gasteiger partial charge is 0.0590 e. The van der Waals surface area contributed by atoms with Crippen molar-refractivity contribution >= 4 is 0 Å². The summed E-state index contributed by atoms with van der Waals surface area (Å²) in [6, 6.07) is 0.613. The van der Waals surface area contributed by atoms with E-state index in [-0.39, 0.29) is 0 Å². The van der Waals surface area contributed by atoms with Crippen LogP contribution in [0.15, 0.2) is 0 Å². The molecule has 0 aromatic heterocycles. The fourth-order valence-electron chi connectivity index (χ4n) is 3.24. The molecule has 2 aliphatic rings. The first kappa shape index (κ1) is 13.3. The summed E-state index contributed by atoms with van der Waals surface area (Å²) < 4.78 is 11.4. The summed E-state index contributed by atoms with van der Waals surface area (Å²) in [5, 5.41) is 3.64. The van der Waals surface area contributed by atoms with Crippen molar-refractivity contribution in [2.45, 2.75) is 64.2 Å². The summed E-state index contributed by atoms with van der Waals surface area (Å²) in [5.74, 6) is 0.691. The fourth-order valence-corrected chi connectivity index (χ4v) is 3.24. The van der Waals surface area contributed by atoms with E-state index in [4.69, 9.17) is 9.47 Å². The van der Waals surface area contributed by atoms with E-state index in [1.807, 2.05) is 0 Å². The Morgan fingerprint density at radius 1 is 1.24 bits per heavy atom. The van der Waals surface area contributed by atoms with Crippen molar-refractivity contribution in [1.29, 1.82) is 0 Å². The monoisotopic (exact) mass is 241 g/mol. The Labute approximate surface area is 105 Å². The lowest BCUT2D eigenvalue weighted by molar-refractivity contribution is 0.0809. The lowest BCUT2D eigenvalue weighted by atomic mass is 9.89. The largest absolute Gasteiger partial charge is 0.378 e. The van der Waals surface area contributed by atoms with Gasteiger partial charge in [0.2, 0.25) is 0 Å². The van der Waals surface area contributed by atoms with Crippen LogP contribution >= 0.6 is 0 Å². The van der Waals surface area contributed by atoms with Gasteiger partial charge < -0.3 is 14.8 Å². The molecule has 0 aromatic rings. The normalized spacial score (nSPS) is 35.3. The zero-order valence-electron chi connectivity index (χ0n) is 11.3. The minimum Gasteiger partial charge on any atom is -0.378 e. The van der Waals surface area contributed by atoms with Crippen LogP contribution in [0.2, 0.25) is 0 Å². The van der Waals surface area contributed by atoms with Crippen molar-refractivity contribution in [2.24, 2.45) is 5.92 Å². The predicted octanol–water partition coefficient (Wildman–Crippen LogP) is 2.35. The molecule has 4 atom stereocenters. The lowest BCUT2D eigenvalue weighted by Gasteiger charge is -2.27. The van der Waals surface area contributed by atoms with Gasteiger partial charge in [0.05, 0.1) is 12.2 Å². The molecule has 0 radical (unpaired) electrons. The number of hydrogen-bond donors (Lipinski definition) is 1. The molecule has 0 aliphatic carbocycles. The van der Waals surface area contributed by atoms with E-state index < -0.39 is 0 Å². The number of rotatable bonds is 6. The van der Waals surface area contributed by atoms with E-state index in [1.54, 1.807) is 0 Å². The van der Waals surface area contributed by atoms with Crippen molar-refractivity contribution in [3.05, 3.63) is 0 Å². The quantitative estimate of drug-likeness (QED) is 0.774. The Hall–Kier alpha value is -0.120. The highest BCUT2D eigenvalue weighted by atomic mass is 16.5. The molecule has 0 spiro atoms. The fraction of sp³-hybridized carbons (Fsp3) is 1.00. The van der Waals surface area contributed by atoms with Crippen LogP contribution in [0.4, 0.5) is 0 Å². The van der Waals surface area contributed by atoms with Crippen molar-refractivity contribution in [3.8, 4) is 0 Å². The summed E-state index contributed by atoms with van der Waals surface area (Å²) >= 11 is 0. The minimum absolute atomic E-state index is 0.420. The Morgan fingerprint density at radius 2 is 2.12 bits per heavy atom. The number of ether oxygens (including phenoxy) is 2. The van der Waals surface area contributed by atoms with E-state index in [9.17, 15) is 0 Å². The van der Waals surface area contributed by atoms with E-state index in [0.29, 0.717) is 24.2 Å². The summed E-state index contributed by atoms with van der Waals surface area (Å²) in [6.45, 7) is 7.38. The Bertz CT molecular complexity index is 216. The molecule has 3 heteroatoms. The third-order valence-electron chi connectivity index (χ3n) is 4.24. The second-order valence-corrected chi connectivity index (χ2v) is 5.40. The molecule has 2 rings (SSSR count). The van der Waals surface area contributed by atoms with Crippen molar-refractivity contribution < 1.29 is 9.47 Å². The van der Waals surface area contributed by atoms with Crippen LogP contribution in [0.25, 0.3) is 0 Å². The van der Waals surface area contributed by atoms with Gasteiger partial charge in [-0.15, -0.1) is 0 Å². The van der Waals surface area contributed by atoms with Gasteiger partial charge in [-0.2, -0.15) is 0 Å². The van der Waals surface area contributed by atoms with Gasteiger partial charge in [0.1, 0.15) is 0 Å². The van der Waals surface area contributed by atoms with Crippen LogP contribution in [-0.4, -0.2) is 38.0 Å². The second kappa shape index (κ2) is 6.72. The molecule has 2 fully saturated rings. The SMILES string of the molecule is CCNC(CCC1CCCO1)C1CCOC1C. The van der Waals surface area contributed by atoms with Gasteiger partial charge >= 0.3 is 0 Å². The maximum atomic E-state index is 5.71. The second-order valence-electron chi connectivity index (χ2n) is 5.40. The van der Waals surface area contributed by atoms with Gasteiger partial charge in [0, 0.05) is 25.2 Å². The van der Waals surface area contributed by atoms with Crippen LogP contribution in [0.5, 0.6) is 0 Å². The first-order valence-electron chi connectivity index (χ1n) is 7.28. The highest BCUT2D eigenvalue weighted by Crippen LogP contribution is 2.28. The predicted molar refractivity (Wildman–Crippen MR) is 69.2 cm³/mol. The molecule has 1 N–H and O–H groups in total. The van der Waals surface area contributed by atoms with Crippen molar-refractivity contribution in [3.63, 3.8) is 0 Å². The first-order chi connectivity index (χ1) is 8.31. The molecule has 0 amide bonds. The van der Waals surface area contributed by atoms with Crippen LogP contribution < -0.4 is 5.32 Å². The van der Waals surface area contributed by atoms with Gasteiger partial charge in [-0.1, -0.05) is 6.92 Å². The van der Waals surface area contributed by atoms with Crippen LogP contribution in [-0.2, 0) is 9.47 Å². The van der Waals surface area contributed by atoms with Gasteiger partial charge in [0.15, 0.2) is 0 Å². The van der Waals surface area contributed by atoms with Crippen LogP contribution in [0, 0.1) is 5.92 Å². The third kappa shape index (κ3) is 3.67. The molecular weight excluding hydrogens is 214 g/mol. The zero-order chi connectivity index (χ0) is 12.1. The summed E-state index contributed by atoms with van der Waals surface area (Å²) in [7, 11) is 0. The third-order valence-corrected chi connectivity index (χ3v) is 4.24. The Morgan fingerprint density at radius 3 is 2.71 bits per heavy atom. The molecule has 3 nitrogen and oxygen atoms in total. The van der Waals surface area contributed by atoms with Gasteiger partial charge in [-0.3, -0.25) is 0 Å². The van der Waals surface area contributed by atoms with E-state index in [0.717, 1.165) is 19.8 Å². The van der Waals surface area contributed by atoms with Crippen molar-refractivity contribution in [2.75, 3.05) is 19.8 Å².